The molecule has 1 N–H and O–H groups in total. The van der Waals surface area contributed by atoms with Crippen LogP contribution in [0.2, 0.25) is 0 Å². The second-order valence-corrected chi connectivity index (χ2v) is 5.16. The van der Waals surface area contributed by atoms with E-state index in [0.29, 0.717) is 13.1 Å². The first kappa shape index (κ1) is 12.7. The molecule has 0 fully saturated rings. The largest absolute Gasteiger partial charge is 0.481 e. The Hall–Kier alpha value is -2.30. The molecule has 1 aromatic carbocycles. The minimum atomic E-state index is -0.760. The molecular formula is C15H16N2O3. The summed E-state index contributed by atoms with van der Waals surface area (Å²) >= 11 is 0. The molecule has 2 heterocycles. The van der Waals surface area contributed by atoms with E-state index in [2.05, 4.69) is 10.1 Å². The molecule has 1 aliphatic rings. The van der Waals surface area contributed by atoms with Crippen LogP contribution in [0, 0.1) is 6.92 Å². The third kappa shape index (κ3) is 2.39. The van der Waals surface area contributed by atoms with Crippen LogP contribution in [0.15, 0.2) is 34.9 Å². The number of anilines is 1. The molecule has 3 rings (SSSR count). The summed E-state index contributed by atoms with van der Waals surface area (Å²) in [5, 5.41) is 13.0. The van der Waals surface area contributed by atoms with E-state index < -0.39 is 5.97 Å². The van der Waals surface area contributed by atoms with Gasteiger partial charge in [-0.1, -0.05) is 23.4 Å². The number of benzene rings is 1. The van der Waals surface area contributed by atoms with Gasteiger partial charge in [0, 0.05) is 24.2 Å². The molecule has 1 unspecified atom stereocenters. The van der Waals surface area contributed by atoms with Gasteiger partial charge < -0.3 is 14.5 Å². The number of aliphatic carboxylic acids is 1. The van der Waals surface area contributed by atoms with Crippen LogP contribution < -0.4 is 4.90 Å². The molecule has 104 valence electrons. The highest BCUT2D eigenvalue weighted by atomic mass is 16.5. The van der Waals surface area contributed by atoms with Crippen molar-refractivity contribution in [3.8, 4) is 0 Å². The van der Waals surface area contributed by atoms with Crippen LogP contribution in [0.3, 0.4) is 0 Å². The lowest BCUT2D eigenvalue weighted by Gasteiger charge is -2.18. The van der Waals surface area contributed by atoms with Crippen molar-refractivity contribution in [3.63, 3.8) is 0 Å². The number of aromatic nitrogens is 1. The number of para-hydroxylation sites is 1. The Morgan fingerprint density at radius 1 is 1.50 bits per heavy atom. The highest BCUT2D eigenvalue weighted by molar-refractivity contribution is 5.71. The van der Waals surface area contributed by atoms with Crippen molar-refractivity contribution in [1.82, 2.24) is 5.16 Å². The molecule has 0 spiro atoms. The summed E-state index contributed by atoms with van der Waals surface area (Å²) in [6.45, 7) is 3.21. The average Bonchev–Trinajstić information content (AvgIpc) is 2.95. The van der Waals surface area contributed by atoms with Crippen LogP contribution in [0.5, 0.6) is 0 Å². The molecule has 0 radical (unpaired) electrons. The van der Waals surface area contributed by atoms with Crippen LogP contribution in [-0.4, -0.2) is 22.8 Å². The third-order valence-corrected chi connectivity index (χ3v) is 3.61. The summed E-state index contributed by atoms with van der Waals surface area (Å²) in [5.74, 6) is 0.0650. The monoisotopic (exact) mass is 272 g/mol. The van der Waals surface area contributed by atoms with E-state index in [1.165, 1.54) is 0 Å². The van der Waals surface area contributed by atoms with Gasteiger partial charge in [0.1, 0.15) is 11.5 Å². The first-order valence-electron chi connectivity index (χ1n) is 6.61. The number of hydrogen-bond acceptors (Lipinski definition) is 4. The summed E-state index contributed by atoms with van der Waals surface area (Å²) in [6, 6.07) is 9.88. The van der Waals surface area contributed by atoms with Crippen LogP contribution in [0.1, 0.15) is 29.4 Å². The fraction of sp³-hybridized carbons (Fsp3) is 0.333. The molecular weight excluding hydrogens is 256 g/mol. The molecule has 5 nitrogen and oxygen atoms in total. The molecule has 0 bridgehead atoms. The van der Waals surface area contributed by atoms with E-state index in [-0.39, 0.29) is 12.3 Å². The number of fused-ring (bicyclic) bond motifs is 1. The number of carboxylic acids is 1. The maximum Gasteiger partial charge on any atom is 0.304 e. The van der Waals surface area contributed by atoms with Gasteiger partial charge in [-0.3, -0.25) is 4.79 Å². The van der Waals surface area contributed by atoms with Crippen molar-refractivity contribution < 1.29 is 14.4 Å². The fourth-order valence-electron chi connectivity index (χ4n) is 2.81. The molecule has 0 saturated heterocycles. The smallest absolute Gasteiger partial charge is 0.304 e. The number of rotatable bonds is 4. The number of nitrogens with zero attached hydrogens (tertiary/aromatic N) is 2. The van der Waals surface area contributed by atoms with Crippen LogP contribution in [0.25, 0.3) is 0 Å². The lowest BCUT2D eigenvalue weighted by atomic mass is 9.98. The molecule has 1 aromatic heterocycles. The Labute approximate surface area is 116 Å². The van der Waals surface area contributed by atoms with Gasteiger partial charge in [0.2, 0.25) is 0 Å². The van der Waals surface area contributed by atoms with E-state index in [1.54, 1.807) is 0 Å². The van der Waals surface area contributed by atoms with E-state index in [4.69, 9.17) is 9.63 Å². The number of carboxylic acid groups (broad SMARTS) is 1. The van der Waals surface area contributed by atoms with Crippen LogP contribution >= 0.6 is 0 Å². The minimum Gasteiger partial charge on any atom is -0.481 e. The number of aryl methyl sites for hydroxylation is 1. The van der Waals surface area contributed by atoms with Crippen molar-refractivity contribution >= 4 is 11.7 Å². The average molecular weight is 272 g/mol. The maximum absolute atomic E-state index is 11.0. The topological polar surface area (TPSA) is 66.6 Å². The molecule has 2 aromatic rings. The SMILES string of the molecule is Cc1cc(CN2CC(CC(=O)O)c3ccccc32)no1. The molecule has 0 aliphatic carbocycles. The molecule has 5 heteroatoms. The highest BCUT2D eigenvalue weighted by Crippen LogP contribution is 2.38. The van der Waals surface area contributed by atoms with Gasteiger partial charge in [-0.05, 0) is 18.6 Å². The molecule has 20 heavy (non-hydrogen) atoms. The second kappa shape index (κ2) is 5.00. The van der Waals surface area contributed by atoms with Gasteiger partial charge >= 0.3 is 5.97 Å². The lowest BCUT2D eigenvalue weighted by molar-refractivity contribution is -0.137. The summed E-state index contributed by atoms with van der Waals surface area (Å²) in [6.07, 6.45) is 0.158. The summed E-state index contributed by atoms with van der Waals surface area (Å²) < 4.78 is 5.08. The molecule has 1 atom stereocenters. The zero-order valence-corrected chi connectivity index (χ0v) is 11.2. The van der Waals surface area contributed by atoms with Crippen molar-refractivity contribution in [2.45, 2.75) is 25.8 Å². The van der Waals surface area contributed by atoms with Gasteiger partial charge in [-0.2, -0.15) is 0 Å². The standard InChI is InChI=1S/C15H16N2O3/c1-10-6-12(16-20-10)9-17-8-11(7-15(18)19)13-4-2-3-5-14(13)17/h2-6,11H,7-9H2,1H3,(H,18,19). The third-order valence-electron chi connectivity index (χ3n) is 3.61. The Kier molecular flexibility index (Phi) is 3.18. The minimum absolute atomic E-state index is 0.0386. The first-order valence-corrected chi connectivity index (χ1v) is 6.61. The lowest BCUT2D eigenvalue weighted by Crippen LogP contribution is -2.22. The van der Waals surface area contributed by atoms with Crippen LogP contribution in [-0.2, 0) is 11.3 Å². The first-order chi connectivity index (χ1) is 9.63. The Morgan fingerprint density at radius 2 is 2.30 bits per heavy atom. The van der Waals surface area contributed by atoms with E-state index in [9.17, 15) is 4.79 Å². The second-order valence-electron chi connectivity index (χ2n) is 5.16. The van der Waals surface area contributed by atoms with Crippen molar-refractivity contribution in [3.05, 3.63) is 47.3 Å². The maximum atomic E-state index is 11.0. The van der Waals surface area contributed by atoms with Gasteiger partial charge in [0.15, 0.2) is 0 Å². The quantitative estimate of drug-likeness (QED) is 0.926. The van der Waals surface area contributed by atoms with E-state index >= 15 is 0 Å². The highest BCUT2D eigenvalue weighted by Gasteiger charge is 2.30. The predicted molar refractivity (Wildman–Crippen MR) is 73.7 cm³/mol. The summed E-state index contributed by atoms with van der Waals surface area (Å²) in [5.41, 5.74) is 3.07. The number of hydrogen-bond donors (Lipinski definition) is 1. The zero-order valence-electron chi connectivity index (χ0n) is 11.2. The van der Waals surface area contributed by atoms with E-state index in [0.717, 1.165) is 22.7 Å². The van der Waals surface area contributed by atoms with Gasteiger partial charge in [-0.25, -0.2) is 0 Å². The normalized spacial score (nSPS) is 17.2. The predicted octanol–water partition coefficient (Wildman–Crippen LogP) is 2.56. The van der Waals surface area contributed by atoms with Crippen molar-refractivity contribution in [2.24, 2.45) is 0 Å². The van der Waals surface area contributed by atoms with Gasteiger partial charge in [0.05, 0.1) is 13.0 Å². The summed E-state index contributed by atoms with van der Waals surface area (Å²) in [7, 11) is 0. The van der Waals surface area contributed by atoms with Gasteiger partial charge in [-0.15, -0.1) is 0 Å². The van der Waals surface area contributed by atoms with Gasteiger partial charge in [0.25, 0.3) is 0 Å². The molecule has 0 amide bonds. The molecule has 1 aliphatic heterocycles. The fourth-order valence-corrected chi connectivity index (χ4v) is 2.81. The van der Waals surface area contributed by atoms with E-state index in [1.807, 2.05) is 37.3 Å². The van der Waals surface area contributed by atoms with Crippen molar-refractivity contribution in [2.75, 3.05) is 11.4 Å². The molecule has 0 saturated carbocycles. The zero-order chi connectivity index (χ0) is 14.1. The Morgan fingerprint density at radius 3 is 3.00 bits per heavy atom. The Bertz CT molecular complexity index is 636. The van der Waals surface area contributed by atoms with Crippen molar-refractivity contribution in [1.29, 1.82) is 0 Å². The summed E-state index contributed by atoms with van der Waals surface area (Å²) in [4.78, 5) is 13.2. The number of carbonyl (C=O) groups is 1. The van der Waals surface area contributed by atoms with Crippen LogP contribution in [0.4, 0.5) is 5.69 Å². The Balaban J connectivity index is 1.84.